The first kappa shape index (κ1) is 18.8. The molecule has 1 saturated heterocycles. The zero-order valence-corrected chi connectivity index (χ0v) is 15.0. The largest absolute Gasteiger partial charge is 0.417 e. The standard InChI is InChI=1S/C17H8Cl2F3NO2S/c18-10-3-1-2-9(6-10)7-14-15(24)23(16(25)26-14)11-4-5-13(19)12(8-11)17(20,21)22/h1-8H/b14-7-. The first-order chi connectivity index (χ1) is 12.2. The van der Waals surface area contributed by atoms with E-state index in [9.17, 15) is 22.8 Å². The van der Waals surface area contributed by atoms with Gasteiger partial charge in [-0.25, -0.2) is 4.90 Å². The van der Waals surface area contributed by atoms with Crippen LogP contribution in [0.5, 0.6) is 0 Å². The number of halogens is 5. The summed E-state index contributed by atoms with van der Waals surface area (Å²) >= 11 is 12.1. The molecule has 2 aromatic rings. The lowest BCUT2D eigenvalue weighted by Crippen LogP contribution is -2.28. The summed E-state index contributed by atoms with van der Waals surface area (Å²) < 4.78 is 39.0. The van der Waals surface area contributed by atoms with Crippen LogP contribution in [0.4, 0.5) is 23.7 Å². The first-order valence-electron chi connectivity index (χ1n) is 7.07. The van der Waals surface area contributed by atoms with E-state index in [1.54, 1.807) is 24.3 Å². The Bertz CT molecular complexity index is 944. The van der Waals surface area contributed by atoms with E-state index >= 15 is 0 Å². The van der Waals surface area contributed by atoms with E-state index in [1.165, 1.54) is 12.1 Å². The Kier molecular flexibility index (Phi) is 5.05. The van der Waals surface area contributed by atoms with Gasteiger partial charge in [0.15, 0.2) is 0 Å². The van der Waals surface area contributed by atoms with Crippen LogP contribution in [-0.4, -0.2) is 11.1 Å². The normalized spacial score (nSPS) is 16.7. The fourth-order valence-electron chi connectivity index (χ4n) is 2.31. The van der Waals surface area contributed by atoms with Crippen molar-refractivity contribution in [1.82, 2.24) is 0 Å². The molecular weight excluding hydrogens is 410 g/mol. The Morgan fingerprint density at radius 1 is 1.04 bits per heavy atom. The maximum atomic E-state index is 13.0. The van der Waals surface area contributed by atoms with E-state index in [0.29, 0.717) is 33.3 Å². The van der Waals surface area contributed by atoms with Gasteiger partial charge in [-0.3, -0.25) is 9.59 Å². The highest BCUT2D eigenvalue weighted by Crippen LogP contribution is 2.40. The molecule has 0 atom stereocenters. The van der Waals surface area contributed by atoms with Gasteiger partial charge in [-0.05, 0) is 53.7 Å². The summed E-state index contributed by atoms with van der Waals surface area (Å²) in [5.74, 6) is -0.713. The van der Waals surface area contributed by atoms with Crippen molar-refractivity contribution >= 4 is 57.9 Å². The van der Waals surface area contributed by atoms with Gasteiger partial charge in [-0.1, -0.05) is 35.3 Å². The molecule has 0 aromatic heterocycles. The number of hydrogen-bond acceptors (Lipinski definition) is 3. The number of carbonyl (C=O) groups excluding carboxylic acids is 2. The molecule has 3 rings (SSSR count). The summed E-state index contributed by atoms with van der Waals surface area (Å²) in [4.78, 5) is 25.5. The van der Waals surface area contributed by atoms with Crippen LogP contribution < -0.4 is 4.90 Å². The predicted molar refractivity (Wildman–Crippen MR) is 96.4 cm³/mol. The number of amides is 2. The molecular formula is C17H8Cl2F3NO2S. The van der Waals surface area contributed by atoms with Crippen LogP contribution in [0.2, 0.25) is 10.0 Å². The van der Waals surface area contributed by atoms with Crippen molar-refractivity contribution < 1.29 is 22.8 Å². The molecule has 9 heteroatoms. The number of rotatable bonds is 2. The van der Waals surface area contributed by atoms with E-state index in [-0.39, 0.29) is 10.6 Å². The van der Waals surface area contributed by atoms with Crippen molar-refractivity contribution in [2.75, 3.05) is 4.90 Å². The van der Waals surface area contributed by atoms with E-state index < -0.39 is 27.9 Å². The molecule has 2 aromatic carbocycles. The van der Waals surface area contributed by atoms with Crippen molar-refractivity contribution in [2.24, 2.45) is 0 Å². The lowest BCUT2D eigenvalue weighted by molar-refractivity contribution is -0.137. The monoisotopic (exact) mass is 417 g/mol. The third-order valence-electron chi connectivity index (χ3n) is 3.45. The molecule has 0 unspecified atom stereocenters. The van der Waals surface area contributed by atoms with E-state index in [4.69, 9.17) is 23.2 Å². The van der Waals surface area contributed by atoms with E-state index in [0.717, 1.165) is 6.07 Å². The summed E-state index contributed by atoms with van der Waals surface area (Å²) in [6.45, 7) is 0. The number of imide groups is 1. The molecule has 1 heterocycles. The summed E-state index contributed by atoms with van der Waals surface area (Å²) in [6, 6.07) is 9.48. The number of thioether (sulfide) groups is 1. The predicted octanol–water partition coefficient (Wildman–Crippen LogP) is 6.25. The highest BCUT2D eigenvalue weighted by atomic mass is 35.5. The maximum absolute atomic E-state index is 13.0. The van der Waals surface area contributed by atoms with Crippen LogP contribution in [0.25, 0.3) is 6.08 Å². The molecule has 0 aliphatic carbocycles. The minimum atomic E-state index is -4.70. The average Bonchev–Trinajstić information content (AvgIpc) is 2.81. The Balaban J connectivity index is 1.98. The van der Waals surface area contributed by atoms with Crippen LogP contribution in [0, 0.1) is 0 Å². The zero-order valence-electron chi connectivity index (χ0n) is 12.7. The molecule has 0 radical (unpaired) electrons. The summed E-state index contributed by atoms with van der Waals surface area (Å²) in [5, 5.41) is -0.757. The Morgan fingerprint density at radius 3 is 2.42 bits per heavy atom. The van der Waals surface area contributed by atoms with Crippen LogP contribution in [0.15, 0.2) is 47.4 Å². The van der Waals surface area contributed by atoms with Crippen LogP contribution in [0.3, 0.4) is 0 Å². The van der Waals surface area contributed by atoms with Gasteiger partial charge in [-0.15, -0.1) is 0 Å². The van der Waals surface area contributed by atoms with E-state index in [1.807, 2.05) is 0 Å². The third-order valence-corrected chi connectivity index (χ3v) is 4.89. The molecule has 0 N–H and O–H groups in total. The molecule has 134 valence electrons. The fraction of sp³-hybridized carbons (Fsp3) is 0.0588. The summed E-state index contributed by atoms with van der Waals surface area (Å²) in [6.07, 6.45) is -3.25. The molecule has 1 aliphatic rings. The van der Waals surface area contributed by atoms with Gasteiger partial charge >= 0.3 is 6.18 Å². The SMILES string of the molecule is O=C1S/C(=C\c2cccc(Cl)c2)C(=O)N1c1ccc(Cl)c(C(F)(F)F)c1. The molecule has 0 spiro atoms. The van der Waals surface area contributed by atoms with Crippen molar-refractivity contribution in [3.63, 3.8) is 0 Å². The van der Waals surface area contributed by atoms with Crippen LogP contribution >= 0.6 is 35.0 Å². The van der Waals surface area contributed by atoms with Crippen molar-refractivity contribution in [1.29, 1.82) is 0 Å². The number of carbonyl (C=O) groups is 2. The Labute approximate surface area is 160 Å². The number of nitrogens with zero attached hydrogens (tertiary/aromatic N) is 1. The highest BCUT2D eigenvalue weighted by molar-refractivity contribution is 8.19. The minimum Gasteiger partial charge on any atom is -0.268 e. The van der Waals surface area contributed by atoms with Gasteiger partial charge in [0, 0.05) is 5.02 Å². The number of anilines is 1. The van der Waals surface area contributed by atoms with Crippen LogP contribution in [0.1, 0.15) is 11.1 Å². The minimum absolute atomic E-state index is 0.0841. The van der Waals surface area contributed by atoms with Crippen molar-refractivity contribution in [3.8, 4) is 0 Å². The second-order valence-corrected chi connectivity index (χ2v) is 7.07. The van der Waals surface area contributed by atoms with Gasteiger partial charge in [0.1, 0.15) is 0 Å². The van der Waals surface area contributed by atoms with Gasteiger partial charge < -0.3 is 0 Å². The van der Waals surface area contributed by atoms with Gasteiger partial charge in [0.2, 0.25) is 0 Å². The quantitative estimate of drug-likeness (QED) is 0.541. The highest BCUT2D eigenvalue weighted by Gasteiger charge is 2.39. The zero-order chi connectivity index (χ0) is 19.1. The van der Waals surface area contributed by atoms with Gasteiger partial charge in [0.05, 0.1) is 21.2 Å². The molecule has 1 aliphatic heterocycles. The number of alkyl halides is 3. The van der Waals surface area contributed by atoms with Crippen molar-refractivity contribution in [3.05, 3.63) is 68.5 Å². The fourth-order valence-corrected chi connectivity index (χ4v) is 3.57. The molecule has 26 heavy (non-hydrogen) atoms. The third kappa shape index (κ3) is 3.75. The molecule has 2 amide bonds. The second-order valence-electron chi connectivity index (χ2n) is 5.23. The number of hydrogen-bond donors (Lipinski definition) is 0. The van der Waals surface area contributed by atoms with E-state index in [2.05, 4.69) is 0 Å². The molecule has 3 nitrogen and oxygen atoms in total. The van der Waals surface area contributed by atoms with Crippen LogP contribution in [-0.2, 0) is 11.0 Å². The smallest absolute Gasteiger partial charge is 0.268 e. The topological polar surface area (TPSA) is 37.4 Å². The molecule has 0 bridgehead atoms. The summed E-state index contributed by atoms with van der Waals surface area (Å²) in [5.41, 5.74) is -0.719. The second kappa shape index (κ2) is 6.98. The number of benzene rings is 2. The van der Waals surface area contributed by atoms with Crippen molar-refractivity contribution in [2.45, 2.75) is 6.18 Å². The maximum Gasteiger partial charge on any atom is 0.417 e. The average molecular weight is 418 g/mol. The Morgan fingerprint density at radius 2 is 1.77 bits per heavy atom. The molecule has 0 saturated carbocycles. The lowest BCUT2D eigenvalue weighted by atomic mass is 10.1. The van der Waals surface area contributed by atoms with Gasteiger partial charge in [0.25, 0.3) is 11.1 Å². The first-order valence-corrected chi connectivity index (χ1v) is 8.64. The summed E-state index contributed by atoms with van der Waals surface area (Å²) in [7, 11) is 0. The Hall–Kier alpha value is -1.96. The molecule has 1 fully saturated rings. The van der Waals surface area contributed by atoms with Gasteiger partial charge in [-0.2, -0.15) is 13.2 Å². The lowest BCUT2D eigenvalue weighted by Gasteiger charge is -2.16.